The SMILES string of the molecule is CCc1noc(C[S@](=O)Cc2cccc3ccccc23)n1. The molecule has 0 aliphatic heterocycles. The van der Waals surface area contributed by atoms with Crippen LogP contribution in [0.15, 0.2) is 47.0 Å². The molecule has 5 heteroatoms. The predicted octanol–water partition coefficient (Wildman–Crippen LogP) is 3.23. The van der Waals surface area contributed by atoms with Gasteiger partial charge in [-0.15, -0.1) is 0 Å². The highest BCUT2D eigenvalue weighted by Crippen LogP contribution is 2.20. The van der Waals surface area contributed by atoms with Gasteiger partial charge in [-0.2, -0.15) is 4.98 Å². The van der Waals surface area contributed by atoms with Crippen LogP contribution in [0.3, 0.4) is 0 Å². The number of rotatable bonds is 5. The van der Waals surface area contributed by atoms with Gasteiger partial charge in [-0.3, -0.25) is 4.21 Å². The molecule has 3 rings (SSSR count). The monoisotopic (exact) mass is 300 g/mol. The zero-order valence-electron chi connectivity index (χ0n) is 11.8. The van der Waals surface area contributed by atoms with Crippen LogP contribution in [0.4, 0.5) is 0 Å². The van der Waals surface area contributed by atoms with E-state index in [0.717, 1.165) is 22.8 Å². The fraction of sp³-hybridized carbons (Fsp3) is 0.250. The molecule has 0 fully saturated rings. The summed E-state index contributed by atoms with van der Waals surface area (Å²) in [6.45, 7) is 1.96. The molecule has 21 heavy (non-hydrogen) atoms. The molecule has 3 aromatic rings. The molecule has 0 unspecified atom stereocenters. The zero-order valence-corrected chi connectivity index (χ0v) is 12.6. The third-order valence-electron chi connectivity index (χ3n) is 3.31. The topological polar surface area (TPSA) is 56.0 Å². The maximum atomic E-state index is 12.3. The lowest BCUT2D eigenvalue weighted by Gasteiger charge is -2.05. The number of hydrogen-bond acceptors (Lipinski definition) is 4. The van der Waals surface area contributed by atoms with Crippen LogP contribution in [-0.2, 0) is 28.7 Å². The molecule has 0 saturated heterocycles. The van der Waals surface area contributed by atoms with Crippen LogP contribution in [0.5, 0.6) is 0 Å². The van der Waals surface area contributed by atoms with E-state index in [0.29, 0.717) is 23.2 Å². The lowest BCUT2D eigenvalue weighted by molar-refractivity contribution is 0.384. The Morgan fingerprint density at radius 2 is 1.90 bits per heavy atom. The summed E-state index contributed by atoms with van der Waals surface area (Å²) < 4.78 is 17.4. The van der Waals surface area contributed by atoms with E-state index in [1.54, 1.807) is 0 Å². The molecule has 0 N–H and O–H groups in total. The van der Waals surface area contributed by atoms with Gasteiger partial charge in [0.1, 0.15) is 5.75 Å². The van der Waals surface area contributed by atoms with Crippen LogP contribution in [0.2, 0.25) is 0 Å². The first kappa shape index (κ1) is 13.9. The van der Waals surface area contributed by atoms with Crippen molar-refractivity contribution in [2.24, 2.45) is 0 Å². The Bertz CT molecular complexity index is 777. The standard InChI is InChI=1S/C16H16N2O2S/c1-2-15-17-16(20-18-15)11-21(19)10-13-8-5-7-12-6-3-4-9-14(12)13/h3-9H,2,10-11H2,1H3/t21-/m1/s1. The minimum absolute atomic E-state index is 0.302. The molecule has 0 aliphatic rings. The fourth-order valence-electron chi connectivity index (χ4n) is 2.27. The van der Waals surface area contributed by atoms with Crippen molar-refractivity contribution < 1.29 is 8.73 Å². The Hall–Kier alpha value is -2.01. The van der Waals surface area contributed by atoms with Gasteiger partial charge >= 0.3 is 0 Å². The average molecular weight is 300 g/mol. The van der Waals surface area contributed by atoms with Gasteiger partial charge in [-0.1, -0.05) is 54.5 Å². The normalized spacial score (nSPS) is 12.6. The molecule has 0 aliphatic carbocycles. The van der Waals surface area contributed by atoms with E-state index in [9.17, 15) is 4.21 Å². The van der Waals surface area contributed by atoms with Crippen LogP contribution in [0, 0.1) is 0 Å². The lowest BCUT2D eigenvalue weighted by Crippen LogP contribution is -2.00. The molecule has 0 radical (unpaired) electrons. The van der Waals surface area contributed by atoms with E-state index in [1.165, 1.54) is 0 Å². The minimum Gasteiger partial charge on any atom is -0.338 e. The third-order valence-corrected chi connectivity index (χ3v) is 4.51. The molecule has 2 aromatic carbocycles. The summed E-state index contributed by atoms with van der Waals surface area (Å²) in [4.78, 5) is 4.20. The highest BCUT2D eigenvalue weighted by Gasteiger charge is 2.11. The first-order valence-corrected chi connectivity index (χ1v) is 8.38. The second-order valence-corrected chi connectivity index (χ2v) is 6.28. The summed E-state index contributed by atoms with van der Waals surface area (Å²) in [7, 11) is -1.06. The smallest absolute Gasteiger partial charge is 0.239 e. The first-order chi connectivity index (χ1) is 10.3. The van der Waals surface area contributed by atoms with Crippen molar-refractivity contribution in [2.75, 3.05) is 0 Å². The van der Waals surface area contributed by atoms with Crippen molar-refractivity contribution >= 4 is 21.6 Å². The van der Waals surface area contributed by atoms with Gasteiger partial charge in [0.25, 0.3) is 0 Å². The Labute approximate surface area is 125 Å². The lowest BCUT2D eigenvalue weighted by atomic mass is 10.1. The number of aryl methyl sites for hydroxylation is 1. The highest BCUT2D eigenvalue weighted by atomic mass is 32.2. The van der Waals surface area contributed by atoms with Crippen molar-refractivity contribution in [2.45, 2.75) is 24.9 Å². The Morgan fingerprint density at radius 1 is 1.10 bits per heavy atom. The van der Waals surface area contributed by atoms with E-state index < -0.39 is 10.8 Å². The van der Waals surface area contributed by atoms with Crippen molar-refractivity contribution in [1.29, 1.82) is 0 Å². The molecular formula is C16H16N2O2S. The quantitative estimate of drug-likeness (QED) is 0.726. The minimum atomic E-state index is -1.06. The molecule has 1 heterocycles. The van der Waals surface area contributed by atoms with Gasteiger partial charge in [0.2, 0.25) is 5.89 Å². The fourth-order valence-corrected chi connectivity index (χ4v) is 3.37. The molecule has 1 atom stereocenters. The van der Waals surface area contributed by atoms with Gasteiger partial charge in [0.05, 0.1) is 0 Å². The van der Waals surface area contributed by atoms with E-state index in [4.69, 9.17) is 4.52 Å². The molecule has 0 bridgehead atoms. The third kappa shape index (κ3) is 3.19. The number of fused-ring (bicyclic) bond motifs is 1. The van der Waals surface area contributed by atoms with E-state index >= 15 is 0 Å². The highest BCUT2D eigenvalue weighted by molar-refractivity contribution is 7.83. The maximum Gasteiger partial charge on any atom is 0.239 e. The van der Waals surface area contributed by atoms with Gasteiger partial charge in [0, 0.05) is 23.0 Å². The summed E-state index contributed by atoms with van der Waals surface area (Å²) in [5, 5.41) is 6.14. The van der Waals surface area contributed by atoms with E-state index in [1.807, 2.05) is 31.2 Å². The Balaban J connectivity index is 1.77. The van der Waals surface area contributed by atoms with Crippen molar-refractivity contribution in [3.05, 3.63) is 59.7 Å². The Kier molecular flexibility index (Phi) is 4.10. The summed E-state index contributed by atoms with van der Waals surface area (Å²) in [6.07, 6.45) is 0.722. The average Bonchev–Trinajstić information content (AvgIpc) is 2.95. The Morgan fingerprint density at radius 3 is 2.71 bits per heavy atom. The number of nitrogens with zero attached hydrogens (tertiary/aromatic N) is 2. The molecule has 0 saturated carbocycles. The molecule has 108 valence electrons. The predicted molar refractivity (Wildman–Crippen MR) is 83.2 cm³/mol. The largest absolute Gasteiger partial charge is 0.338 e. The first-order valence-electron chi connectivity index (χ1n) is 6.89. The summed E-state index contributed by atoms with van der Waals surface area (Å²) in [5.74, 6) is 1.90. The van der Waals surface area contributed by atoms with Crippen LogP contribution >= 0.6 is 0 Å². The van der Waals surface area contributed by atoms with Crippen LogP contribution in [-0.4, -0.2) is 14.3 Å². The second-order valence-electron chi connectivity index (χ2n) is 4.82. The van der Waals surface area contributed by atoms with Crippen LogP contribution in [0.1, 0.15) is 24.2 Å². The second kappa shape index (κ2) is 6.18. The summed E-state index contributed by atoms with van der Waals surface area (Å²) >= 11 is 0. The molecule has 0 amide bonds. The summed E-state index contributed by atoms with van der Waals surface area (Å²) in [6, 6.07) is 14.2. The van der Waals surface area contributed by atoms with Gasteiger partial charge in [-0.05, 0) is 16.3 Å². The number of aromatic nitrogens is 2. The molecule has 0 spiro atoms. The van der Waals surface area contributed by atoms with Gasteiger partial charge < -0.3 is 4.52 Å². The number of hydrogen-bond donors (Lipinski definition) is 0. The van der Waals surface area contributed by atoms with Crippen molar-refractivity contribution in [1.82, 2.24) is 10.1 Å². The van der Waals surface area contributed by atoms with Crippen LogP contribution < -0.4 is 0 Å². The van der Waals surface area contributed by atoms with Gasteiger partial charge in [-0.25, -0.2) is 0 Å². The summed E-state index contributed by atoms with van der Waals surface area (Å²) in [5.41, 5.74) is 1.08. The van der Waals surface area contributed by atoms with E-state index in [-0.39, 0.29) is 0 Å². The number of benzene rings is 2. The maximum absolute atomic E-state index is 12.3. The molecule has 4 nitrogen and oxygen atoms in total. The van der Waals surface area contributed by atoms with Crippen molar-refractivity contribution in [3.8, 4) is 0 Å². The zero-order chi connectivity index (χ0) is 14.7. The van der Waals surface area contributed by atoms with Gasteiger partial charge in [0.15, 0.2) is 5.82 Å². The van der Waals surface area contributed by atoms with E-state index in [2.05, 4.69) is 28.3 Å². The van der Waals surface area contributed by atoms with Crippen molar-refractivity contribution in [3.63, 3.8) is 0 Å². The van der Waals surface area contributed by atoms with Crippen LogP contribution in [0.25, 0.3) is 10.8 Å². The molecule has 1 aromatic heterocycles. The molecular weight excluding hydrogens is 284 g/mol.